The maximum absolute atomic E-state index is 13.0. The zero-order valence-electron chi connectivity index (χ0n) is 12.3. The molecule has 0 unspecified atom stereocenters. The van der Waals surface area contributed by atoms with E-state index < -0.39 is 0 Å². The molecule has 0 saturated carbocycles. The van der Waals surface area contributed by atoms with Crippen LogP contribution in [-0.4, -0.2) is 41.2 Å². The molecule has 1 heterocycles. The fourth-order valence-corrected chi connectivity index (χ4v) is 2.02. The Morgan fingerprint density at radius 2 is 2.19 bits per heavy atom. The van der Waals surface area contributed by atoms with E-state index in [1.165, 1.54) is 12.1 Å². The first-order chi connectivity index (χ1) is 9.99. The molecule has 0 aliphatic rings. The summed E-state index contributed by atoms with van der Waals surface area (Å²) >= 11 is 0. The average Bonchev–Trinajstić information content (AvgIpc) is 2.77. The van der Waals surface area contributed by atoms with Gasteiger partial charge in [-0.2, -0.15) is 5.10 Å². The van der Waals surface area contributed by atoms with Gasteiger partial charge in [0.25, 0.3) is 5.91 Å². The second-order valence-electron chi connectivity index (χ2n) is 4.84. The van der Waals surface area contributed by atoms with Crippen LogP contribution in [0.5, 0.6) is 5.75 Å². The third kappa shape index (κ3) is 3.59. The van der Waals surface area contributed by atoms with Crippen molar-refractivity contribution in [3.05, 3.63) is 47.0 Å². The molecule has 21 heavy (non-hydrogen) atoms. The molecule has 0 radical (unpaired) electrons. The fourth-order valence-electron chi connectivity index (χ4n) is 2.02. The minimum absolute atomic E-state index is 0.110. The van der Waals surface area contributed by atoms with Crippen LogP contribution in [-0.2, 0) is 0 Å². The molecule has 5 nitrogen and oxygen atoms in total. The number of carbonyl (C=O) groups excluding carboxylic acids is 1. The number of aryl methyl sites for hydroxylation is 2. The maximum atomic E-state index is 13.0. The summed E-state index contributed by atoms with van der Waals surface area (Å²) in [5, 5.41) is 6.80. The van der Waals surface area contributed by atoms with Gasteiger partial charge in [-0.3, -0.25) is 9.89 Å². The Labute approximate surface area is 122 Å². The smallest absolute Gasteiger partial charge is 0.257 e. The van der Waals surface area contributed by atoms with Crippen molar-refractivity contribution in [1.82, 2.24) is 15.1 Å². The largest absolute Gasteiger partial charge is 0.492 e. The molecule has 0 fully saturated rings. The van der Waals surface area contributed by atoms with Crippen molar-refractivity contribution < 1.29 is 13.9 Å². The Kier molecular flexibility index (Phi) is 4.57. The van der Waals surface area contributed by atoms with E-state index in [0.717, 1.165) is 5.69 Å². The van der Waals surface area contributed by atoms with Crippen LogP contribution in [0.1, 0.15) is 21.7 Å². The average molecular weight is 291 g/mol. The quantitative estimate of drug-likeness (QED) is 0.919. The molecular formula is C15H18FN3O2. The highest BCUT2D eigenvalue weighted by Crippen LogP contribution is 2.13. The van der Waals surface area contributed by atoms with Crippen LogP contribution in [0.3, 0.4) is 0 Å². The van der Waals surface area contributed by atoms with Gasteiger partial charge in [-0.1, -0.05) is 6.07 Å². The van der Waals surface area contributed by atoms with Gasteiger partial charge in [0, 0.05) is 18.8 Å². The summed E-state index contributed by atoms with van der Waals surface area (Å²) < 4.78 is 18.4. The van der Waals surface area contributed by atoms with Gasteiger partial charge in [-0.15, -0.1) is 0 Å². The van der Waals surface area contributed by atoms with Crippen LogP contribution in [0.25, 0.3) is 0 Å². The van der Waals surface area contributed by atoms with Gasteiger partial charge in [0.2, 0.25) is 0 Å². The number of hydrogen-bond acceptors (Lipinski definition) is 3. The fraction of sp³-hybridized carbons (Fsp3) is 0.333. The van der Waals surface area contributed by atoms with Crippen LogP contribution in [0, 0.1) is 19.7 Å². The van der Waals surface area contributed by atoms with E-state index in [-0.39, 0.29) is 11.7 Å². The summed E-state index contributed by atoms with van der Waals surface area (Å²) in [7, 11) is 1.70. The topological polar surface area (TPSA) is 58.2 Å². The van der Waals surface area contributed by atoms with Crippen LogP contribution in [0.4, 0.5) is 4.39 Å². The highest BCUT2D eigenvalue weighted by Gasteiger charge is 2.18. The first kappa shape index (κ1) is 15.0. The SMILES string of the molecule is Cc1n[nH]c(C)c1C(=O)N(C)CCOc1cccc(F)c1. The number of nitrogens with one attached hydrogen (secondary N) is 1. The van der Waals surface area contributed by atoms with Gasteiger partial charge >= 0.3 is 0 Å². The monoisotopic (exact) mass is 291 g/mol. The molecule has 1 N–H and O–H groups in total. The number of aromatic amines is 1. The molecule has 0 aliphatic heterocycles. The van der Waals surface area contributed by atoms with Crippen molar-refractivity contribution in [1.29, 1.82) is 0 Å². The summed E-state index contributed by atoms with van der Waals surface area (Å²) in [6.07, 6.45) is 0. The number of nitrogens with zero attached hydrogens (tertiary/aromatic N) is 2. The Morgan fingerprint density at radius 3 is 2.81 bits per heavy atom. The number of hydrogen-bond donors (Lipinski definition) is 1. The summed E-state index contributed by atoms with van der Waals surface area (Å²) in [5.74, 6) is -0.00492. The van der Waals surface area contributed by atoms with E-state index >= 15 is 0 Å². The minimum atomic E-state index is -0.346. The molecule has 2 aromatic rings. The zero-order chi connectivity index (χ0) is 15.4. The maximum Gasteiger partial charge on any atom is 0.257 e. The predicted octanol–water partition coefficient (Wildman–Crippen LogP) is 2.32. The molecule has 0 aliphatic carbocycles. The molecule has 1 aromatic heterocycles. The number of likely N-dealkylation sites (N-methyl/N-ethyl adjacent to an activating group) is 1. The van der Waals surface area contributed by atoms with Crippen LogP contribution in [0.15, 0.2) is 24.3 Å². The number of H-pyrrole nitrogens is 1. The van der Waals surface area contributed by atoms with Crippen LogP contribution in [0.2, 0.25) is 0 Å². The zero-order valence-corrected chi connectivity index (χ0v) is 12.3. The Bertz CT molecular complexity index is 620. The highest BCUT2D eigenvalue weighted by atomic mass is 19.1. The Hall–Kier alpha value is -2.37. The summed E-state index contributed by atoms with van der Waals surface area (Å²) in [6.45, 7) is 4.29. The molecule has 1 aromatic carbocycles. The van der Waals surface area contributed by atoms with Gasteiger partial charge in [0.15, 0.2) is 0 Å². The van der Waals surface area contributed by atoms with Crippen LogP contribution < -0.4 is 4.74 Å². The molecule has 6 heteroatoms. The van der Waals surface area contributed by atoms with Crippen molar-refractivity contribution >= 4 is 5.91 Å². The normalized spacial score (nSPS) is 10.5. The van der Waals surface area contributed by atoms with E-state index in [4.69, 9.17) is 4.74 Å². The van der Waals surface area contributed by atoms with Gasteiger partial charge in [-0.05, 0) is 26.0 Å². The van der Waals surface area contributed by atoms with E-state index in [0.29, 0.717) is 30.2 Å². The molecule has 0 spiro atoms. The molecule has 0 bridgehead atoms. The van der Waals surface area contributed by atoms with E-state index in [1.54, 1.807) is 31.0 Å². The third-order valence-corrected chi connectivity index (χ3v) is 3.18. The van der Waals surface area contributed by atoms with Crippen molar-refractivity contribution in [2.75, 3.05) is 20.2 Å². The molecule has 112 valence electrons. The van der Waals surface area contributed by atoms with Gasteiger partial charge < -0.3 is 9.64 Å². The predicted molar refractivity (Wildman–Crippen MR) is 76.9 cm³/mol. The highest BCUT2D eigenvalue weighted by molar-refractivity contribution is 5.96. The van der Waals surface area contributed by atoms with Crippen molar-refractivity contribution in [2.45, 2.75) is 13.8 Å². The number of halogens is 1. The van der Waals surface area contributed by atoms with Gasteiger partial charge in [0.1, 0.15) is 18.2 Å². The second-order valence-corrected chi connectivity index (χ2v) is 4.84. The molecule has 0 saturated heterocycles. The van der Waals surface area contributed by atoms with Crippen molar-refractivity contribution in [2.24, 2.45) is 0 Å². The lowest BCUT2D eigenvalue weighted by Gasteiger charge is -2.17. The summed E-state index contributed by atoms with van der Waals surface area (Å²) in [4.78, 5) is 13.9. The van der Waals surface area contributed by atoms with Gasteiger partial charge in [-0.25, -0.2) is 4.39 Å². The van der Waals surface area contributed by atoms with E-state index in [9.17, 15) is 9.18 Å². The minimum Gasteiger partial charge on any atom is -0.492 e. The lowest BCUT2D eigenvalue weighted by molar-refractivity contribution is 0.0772. The number of benzene rings is 1. The lowest BCUT2D eigenvalue weighted by Crippen LogP contribution is -2.31. The lowest BCUT2D eigenvalue weighted by atomic mass is 10.2. The Balaban J connectivity index is 1.90. The number of aromatic nitrogens is 2. The third-order valence-electron chi connectivity index (χ3n) is 3.18. The molecule has 2 rings (SSSR count). The van der Waals surface area contributed by atoms with Crippen molar-refractivity contribution in [3.8, 4) is 5.75 Å². The summed E-state index contributed by atoms with van der Waals surface area (Å²) in [5.41, 5.74) is 2.01. The van der Waals surface area contributed by atoms with E-state index in [2.05, 4.69) is 10.2 Å². The molecular weight excluding hydrogens is 273 g/mol. The number of amides is 1. The number of rotatable bonds is 5. The second kappa shape index (κ2) is 6.39. The Morgan fingerprint density at radius 1 is 1.43 bits per heavy atom. The molecule has 0 atom stereocenters. The first-order valence-electron chi connectivity index (χ1n) is 6.64. The standard InChI is InChI=1S/C15H18FN3O2/c1-10-14(11(2)18-17-10)15(20)19(3)7-8-21-13-6-4-5-12(16)9-13/h4-6,9H,7-8H2,1-3H3,(H,17,18). The van der Waals surface area contributed by atoms with Gasteiger partial charge in [0.05, 0.1) is 17.8 Å². The van der Waals surface area contributed by atoms with E-state index in [1.807, 2.05) is 6.92 Å². The number of carbonyl (C=O) groups is 1. The van der Waals surface area contributed by atoms with Crippen molar-refractivity contribution in [3.63, 3.8) is 0 Å². The number of ether oxygens (including phenoxy) is 1. The molecule has 1 amide bonds. The van der Waals surface area contributed by atoms with Crippen LogP contribution >= 0.6 is 0 Å². The first-order valence-corrected chi connectivity index (χ1v) is 6.64. The summed E-state index contributed by atoms with van der Waals surface area (Å²) in [6, 6.07) is 5.92.